The molecule has 0 saturated carbocycles. The molecule has 4 heteroatoms. The van der Waals surface area contributed by atoms with E-state index in [1.165, 1.54) is 18.7 Å². The summed E-state index contributed by atoms with van der Waals surface area (Å²) in [4.78, 5) is 11.5. The maximum Gasteiger partial charge on any atom is 0.309 e. The van der Waals surface area contributed by atoms with Crippen LogP contribution in [0.2, 0.25) is 0 Å². The molecule has 2 rings (SSSR count). The van der Waals surface area contributed by atoms with E-state index in [1.54, 1.807) is 12.1 Å². The van der Waals surface area contributed by atoms with Crippen molar-refractivity contribution in [2.75, 3.05) is 7.11 Å². The summed E-state index contributed by atoms with van der Waals surface area (Å²) in [7, 11) is 1.32. The van der Waals surface area contributed by atoms with Crippen molar-refractivity contribution in [3.05, 3.63) is 64.0 Å². The van der Waals surface area contributed by atoms with Crippen molar-refractivity contribution < 1.29 is 18.7 Å². The first-order valence-corrected chi connectivity index (χ1v) is 7.46. The molecule has 2 aromatic rings. The summed E-state index contributed by atoms with van der Waals surface area (Å²) in [5.74, 6) is -0.0625. The standard InChI is InChI=1S/C19H21FO3/c1-12-8-14(3)18(9-13(12)2)23-11-16-15(10-19(21)22-4)6-5-7-17(16)20/h5-9H,10-11H2,1-4H3. The molecule has 0 spiro atoms. The predicted molar refractivity (Wildman–Crippen MR) is 87.1 cm³/mol. The summed E-state index contributed by atoms with van der Waals surface area (Å²) in [5, 5.41) is 0. The third-order valence-electron chi connectivity index (χ3n) is 3.94. The Morgan fingerprint density at radius 3 is 2.48 bits per heavy atom. The zero-order valence-corrected chi connectivity index (χ0v) is 13.9. The van der Waals surface area contributed by atoms with E-state index in [2.05, 4.69) is 4.74 Å². The van der Waals surface area contributed by atoms with E-state index in [-0.39, 0.29) is 18.8 Å². The number of ether oxygens (including phenoxy) is 2. The average Bonchev–Trinajstić information content (AvgIpc) is 2.51. The Hall–Kier alpha value is -2.36. The topological polar surface area (TPSA) is 35.5 Å². The number of benzene rings is 2. The first-order chi connectivity index (χ1) is 10.9. The number of carbonyl (C=O) groups is 1. The fourth-order valence-electron chi connectivity index (χ4n) is 2.40. The summed E-state index contributed by atoms with van der Waals surface area (Å²) in [6.07, 6.45) is 0.0266. The Bertz CT molecular complexity index is 723. The number of hydrogen-bond acceptors (Lipinski definition) is 3. The second-order valence-electron chi connectivity index (χ2n) is 5.62. The van der Waals surface area contributed by atoms with Crippen molar-refractivity contribution in [1.82, 2.24) is 0 Å². The van der Waals surface area contributed by atoms with Gasteiger partial charge in [-0.25, -0.2) is 4.39 Å². The van der Waals surface area contributed by atoms with Crippen molar-refractivity contribution in [2.24, 2.45) is 0 Å². The van der Waals surface area contributed by atoms with Gasteiger partial charge in [-0.05, 0) is 55.2 Å². The number of methoxy groups -OCH3 is 1. The van der Waals surface area contributed by atoms with Crippen LogP contribution in [0.3, 0.4) is 0 Å². The smallest absolute Gasteiger partial charge is 0.309 e. The van der Waals surface area contributed by atoms with E-state index in [9.17, 15) is 9.18 Å². The van der Waals surface area contributed by atoms with Gasteiger partial charge < -0.3 is 9.47 Å². The van der Waals surface area contributed by atoms with Gasteiger partial charge in [0.05, 0.1) is 13.5 Å². The first-order valence-electron chi connectivity index (χ1n) is 7.46. The van der Waals surface area contributed by atoms with Gasteiger partial charge in [-0.15, -0.1) is 0 Å². The van der Waals surface area contributed by atoms with E-state index in [1.807, 2.05) is 32.9 Å². The lowest BCUT2D eigenvalue weighted by Gasteiger charge is -2.14. The summed E-state index contributed by atoms with van der Waals surface area (Å²) in [5.41, 5.74) is 4.27. The van der Waals surface area contributed by atoms with Crippen LogP contribution in [0.1, 0.15) is 27.8 Å². The number of esters is 1. The minimum atomic E-state index is -0.404. The molecule has 0 aliphatic rings. The maximum atomic E-state index is 14.1. The van der Waals surface area contributed by atoms with Gasteiger partial charge in [0.2, 0.25) is 0 Å². The highest BCUT2D eigenvalue weighted by atomic mass is 19.1. The van der Waals surface area contributed by atoms with Gasteiger partial charge in [-0.2, -0.15) is 0 Å². The van der Waals surface area contributed by atoms with Crippen LogP contribution < -0.4 is 4.74 Å². The lowest BCUT2D eigenvalue weighted by molar-refractivity contribution is -0.139. The number of halogens is 1. The molecule has 0 saturated heterocycles. The van der Waals surface area contributed by atoms with Gasteiger partial charge in [0, 0.05) is 5.56 Å². The molecule has 0 N–H and O–H groups in total. The Balaban J connectivity index is 2.23. The van der Waals surface area contributed by atoms with Gasteiger partial charge in [-0.3, -0.25) is 4.79 Å². The summed E-state index contributed by atoms with van der Waals surface area (Å²) in [6, 6.07) is 8.66. The van der Waals surface area contributed by atoms with Crippen LogP contribution in [0.4, 0.5) is 4.39 Å². The zero-order chi connectivity index (χ0) is 17.0. The molecule has 0 atom stereocenters. The van der Waals surface area contributed by atoms with Gasteiger partial charge in [0.15, 0.2) is 0 Å². The highest BCUT2D eigenvalue weighted by molar-refractivity contribution is 5.72. The molecule has 0 aromatic heterocycles. The van der Waals surface area contributed by atoms with Gasteiger partial charge in [-0.1, -0.05) is 18.2 Å². The summed E-state index contributed by atoms with van der Waals surface area (Å²) >= 11 is 0. The Morgan fingerprint density at radius 2 is 1.78 bits per heavy atom. The van der Waals surface area contributed by atoms with Gasteiger partial charge in [0.25, 0.3) is 0 Å². The molecular weight excluding hydrogens is 295 g/mol. The Kier molecular flexibility index (Phi) is 5.37. The van der Waals surface area contributed by atoms with Gasteiger partial charge >= 0.3 is 5.97 Å². The molecule has 2 aromatic carbocycles. The molecule has 0 aliphatic heterocycles. The largest absolute Gasteiger partial charge is 0.489 e. The monoisotopic (exact) mass is 316 g/mol. The number of carbonyl (C=O) groups excluding carboxylic acids is 1. The molecule has 3 nitrogen and oxygen atoms in total. The van der Waals surface area contributed by atoms with E-state index < -0.39 is 5.97 Å². The second-order valence-corrected chi connectivity index (χ2v) is 5.62. The van der Waals surface area contributed by atoms with E-state index in [0.29, 0.717) is 11.1 Å². The maximum absolute atomic E-state index is 14.1. The normalized spacial score (nSPS) is 10.5. The quantitative estimate of drug-likeness (QED) is 0.781. The fourth-order valence-corrected chi connectivity index (χ4v) is 2.40. The number of hydrogen-bond donors (Lipinski definition) is 0. The molecular formula is C19H21FO3. The third kappa shape index (κ3) is 4.09. The van der Waals surface area contributed by atoms with Crippen LogP contribution in [-0.4, -0.2) is 13.1 Å². The zero-order valence-electron chi connectivity index (χ0n) is 13.9. The molecule has 0 aliphatic carbocycles. The predicted octanol–water partition coefficient (Wildman–Crippen LogP) is 4.05. The van der Waals surface area contributed by atoms with Crippen molar-refractivity contribution in [2.45, 2.75) is 33.8 Å². The van der Waals surface area contributed by atoms with Crippen LogP contribution in [0.25, 0.3) is 0 Å². The molecule has 23 heavy (non-hydrogen) atoms. The second kappa shape index (κ2) is 7.27. The molecule has 0 amide bonds. The van der Waals surface area contributed by atoms with Crippen LogP contribution in [0.15, 0.2) is 30.3 Å². The van der Waals surface area contributed by atoms with Crippen molar-refractivity contribution in [1.29, 1.82) is 0 Å². The first kappa shape index (κ1) is 17.0. The van der Waals surface area contributed by atoms with Crippen molar-refractivity contribution >= 4 is 5.97 Å². The molecule has 0 fully saturated rings. The van der Waals surface area contributed by atoms with E-state index >= 15 is 0 Å². The molecule has 0 unspecified atom stereocenters. The number of aryl methyl sites for hydroxylation is 3. The molecule has 0 bridgehead atoms. The highest BCUT2D eigenvalue weighted by Gasteiger charge is 2.13. The minimum absolute atomic E-state index is 0.0266. The molecule has 0 radical (unpaired) electrons. The Labute approximate surface area is 136 Å². The van der Waals surface area contributed by atoms with Crippen LogP contribution in [-0.2, 0) is 22.6 Å². The SMILES string of the molecule is COC(=O)Cc1cccc(F)c1COc1cc(C)c(C)cc1C. The lowest BCUT2D eigenvalue weighted by Crippen LogP contribution is -2.10. The van der Waals surface area contributed by atoms with Crippen molar-refractivity contribution in [3.63, 3.8) is 0 Å². The summed E-state index contributed by atoms with van der Waals surface area (Å²) < 4.78 is 24.6. The van der Waals surface area contributed by atoms with Crippen LogP contribution in [0, 0.1) is 26.6 Å². The minimum Gasteiger partial charge on any atom is -0.489 e. The lowest BCUT2D eigenvalue weighted by atomic mass is 10.0. The average molecular weight is 316 g/mol. The van der Waals surface area contributed by atoms with E-state index in [4.69, 9.17) is 4.74 Å². The van der Waals surface area contributed by atoms with Gasteiger partial charge in [0.1, 0.15) is 18.2 Å². The van der Waals surface area contributed by atoms with Crippen molar-refractivity contribution in [3.8, 4) is 5.75 Å². The molecule has 0 heterocycles. The highest BCUT2D eigenvalue weighted by Crippen LogP contribution is 2.24. The summed E-state index contributed by atoms with van der Waals surface area (Å²) in [6.45, 7) is 6.08. The van der Waals surface area contributed by atoms with Crippen LogP contribution in [0.5, 0.6) is 5.75 Å². The number of rotatable bonds is 5. The van der Waals surface area contributed by atoms with E-state index in [0.717, 1.165) is 16.9 Å². The Morgan fingerprint density at radius 1 is 1.09 bits per heavy atom. The third-order valence-corrected chi connectivity index (χ3v) is 3.94. The van der Waals surface area contributed by atoms with Crippen LogP contribution >= 0.6 is 0 Å². The fraction of sp³-hybridized carbons (Fsp3) is 0.316. The molecule has 122 valence electrons.